The zero-order valence-corrected chi connectivity index (χ0v) is 4.59. The van der Waals surface area contributed by atoms with E-state index in [-0.39, 0.29) is 18.5 Å². The van der Waals surface area contributed by atoms with Gasteiger partial charge in [0.2, 0.25) is 0 Å². The summed E-state index contributed by atoms with van der Waals surface area (Å²) in [6, 6.07) is 0. The Kier molecular flexibility index (Phi) is 2.69. The van der Waals surface area contributed by atoms with Crippen molar-refractivity contribution in [3.8, 4) is 0 Å². The topological polar surface area (TPSA) is 57.5 Å². The fourth-order valence-corrected chi connectivity index (χ4v) is 0.249. The molecule has 0 fully saturated rings. The summed E-state index contributed by atoms with van der Waals surface area (Å²) < 4.78 is 0. The molecule has 0 bridgehead atoms. The summed E-state index contributed by atoms with van der Waals surface area (Å²) in [5, 5.41) is 16.9. The van der Waals surface area contributed by atoms with Gasteiger partial charge in [0.1, 0.15) is 5.76 Å². The quantitative estimate of drug-likeness (QED) is 0.320. The molecule has 0 aliphatic heterocycles. The van der Waals surface area contributed by atoms with Crippen LogP contribution in [0.25, 0.3) is 0 Å². The van der Waals surface area contributed by atoms with Gasteiger partial charge in [-0.25, -0.2) is 0 Å². The number of aliphatic hydroxyl groups excluding tert-OH is 2. The molecule has 0 atom stereocenters. The molecule has 0 amide bonds. The van der Waals surface area contributed by atoms with Crippen LogP contribution in [0.1, 0.15) is 13.3 Å². The van der Waals surface area contributed by atoms with Gasteiger partial charge in [0.25, 0.3) is 0 Å². The monoisotopic (exact) mass is 116 g/mol. The van der Waals surface area contributed by atoms with E-state index in [1.54, 1.807) is 6.92 Å². The first-order valence-electron chi connectivity index (χ1n) is 2.28. The van der Waals surface area contributed by atoms with Crippen LogP contribution in [0.3, 0.4) is 0 Å². The fourth-order valence-electron chi connectivity index (χ4n) is 0.249. The predicted octanol–water partition coefficient (Wildman–Crippen LogP) is 0.923. The smallest absolute Gasteiger partial charge is 0.193 e. The summed E-state index contributed by atoms with van der Waals surface area (Å²) in [4.78, 5) is 9.64. The molecule has 0 saturated carbocycles. The lowest BCUT2D eigenvalue weighted by Crippen LogP contribution is -1.88. The summed E-state index contributed by atoms with van der Waals surface area (Å²) >= 11 is 0. The SMILES string of the molecule is CC/C(O)=C(\O)C=O. The lowest BCUT2D eigenvalue weighted by molar-refractivity contribution is -0.107. The van der Waals surface area contributed by atoms with Crippen LogP contribution < -0.4 is 0 Å². The normalized spacial score (nSPS) is 12.6. The van der Waals surface area contributed by atoms with Crippen LogP contribution in [0.2, 0.25) is 0 Å². The Bertz CT molecular complexity index is 115. The number of hydrogen-bond acceptors (Lipinski definition) is 3. The molecule has 3 nitrogen and oxygen atoms in total. The van der Waals surface area contributed by atoms with Crippen LogP contribution in [0.4, 0.5) is 0 Å². The number of hydrogen-bond donors (Lipinski definition) is 2. The van der Waals surface area contributed by atoms with Gasteiger partial charge in [0.15, 0.2) is 12.0 Å². The van der Waals surface area contributed by atoms with E-state index in [0.717, 1.165) is 0 Å². The highest BCUT2D eigenvalue weighted by Crippen LogP contribution is 1.97. The largest absolute Gasteiger partial charge is 0.508 e. The number of carbonyl (C=O) groups excluding carboxylic acids is 1. The standard InChI is InChI=1S/C5H8O3/c1-2-4(7)5(8)3-6/h3,7-8H,2H2,1H3/b5-4+. The maximum Gasteiger partial charge on any atom is 0.193 e. The van der Waals surface area contributed by atoms with Crippen molar-refractivity contribution >= 4 is 6.29 Å². The first-order chi connectivity index (χ1) is 3.72. The molecular formula is C5H8O3. The van der Waals surface area contributed by atoms with E-state index < -0.39 is 5.76 Å². The number of carbonyl (C=O) groups is 1. The van der Waals surface area contributed by atoms with Crippen molar-refractivity contribution in [1.82, 2.24) is 0 Å². The third-order valence-corrected chi connectivity index (χ3v) is 0.742. The van der Waals surface area contributed by atoms with Gasteiger partial charge in [-0.05, 0) is 0 Å². The van der Waals surface area contributed by atoms with E-state index in [1.165, 1.54) is 0 Å². The van der Waals surface area contributed by atoms with E-state index in [1.807, 2.05) is 0 Å². The minimum absolute atomic E-state index is 0.207. The minimum atomic E-state index is -0.576. The van der Waals surface area contributed by atoms with Gasteiger partial charge in [-0.1, -0.05) is 6.92 Å². The maximum absolute atomic E-state index is 9.64. The van der Waals surface area contributed by atoms with Crippen molar-refractivity contribution in [2.45, 2.75) is 13.3 Å². The van der Waals surface area contributed by atoms with E-state index in [0.29, 0.717) is 0 Å². The number of allylic oxidation sites excluding steroid dienone is 2. The average Bonchev–Trinajstić information content (AvgIpc) is 1.84. The van der Waals surface area contributed by atoms with Gasteiger partial charge in [-0.2, -0.15) is 0 Å². The van der Waals surface area contributed by atoms with E-state index >= 15 is 0 Å². The zero-order valence-electron chi connectivity index (χ0n) is 4.59. The lowest BCUT2D eigenvalue weighted by Gasteiger charge is -1.91. The molecule has 46 valence electrons. The second-order valence-electron chi connectivity index (χ2n) is 1.30. The van der Waals surface area contributed by atoms with Gasteiger partial charge >= 0.3 is 0 Å². The Balaban J connectivity index is 4.03. The molecule has 0 heterocycles. The second kappa shape index (κ2) is 3.07. The maximum atomic E-state index is 9.64. The highest BCUT2D eigenvalue weighted by molar-refractivity contribution is 5.70. The minimum Gasteiger partial charge on any atom is -0.508 e. The summed E-state index contributed by atoms with van der Waals surface area (Å²) in [7, 11) is 0. The van der Waals surface area contributed by atoms with Crippen molar-refractivity contribution in [2.24, 2.45) is 0 Å². The van der Waals surface area contributed by atoms with Crippen LogP contribution in [0, 0.1) is 0 Å². The Morgan fingerprint density at radius 2 is 2.12 bits per heavy atom. The summed E-state index contributed by atoms with van der Waals surface area (Å²) in [5.41, 5.74) is 0. The Morgan fingerprint density at radius 3 is 2.25 bits per heavy atom. The van der Waals surface area contributed by atoms with Gasteiger partial charge in [-0.3, -0.25) is 4.79 Å². The second-order valence-corrected chi connectivity index (χ2v) is 1.30. The molecule has 0 aromatic carbocycles. The first kappa shape index (κ1) is 7.01. The van der Waals surface area contributed by atoms with Crippen LogP contribution in [0.5, 0.6) is 0 Å². The molecule has 0 saturated heterocycles. The molecule has 0 aromatic heterocycles. The molecule has 2 N–H and O–H groups in total. The third-order valence-electron chi connectivity index (χ3n) is 0.742. The molecule has 0 unspecified atom stereocenters. The van der Waals surface area contributed by atoms with Gasteiger partial charge in [0.05, 0.1) is 0 Å². The lowest BCUT2D eigenvalue weighted by atomic mass is 10.3. The summed E-state index contributed by atoms with van der Waals surface area (Å²) in [5.74, 6) is -0.840. The van der Waals surface area contributed by atoms with Gasteiger partial charge < -0.3 is 10.2 Å². The Labute approximate surface area is 47.3 Å². The van der Waals surface area contributed by atoms with E-state index in [4.69, 9.17) is 10.2 Å². The molecule has 0 spiro atoms. The molecule has 0 aliphatic carbocycles. The first-order valence-corrected chi connectivity index (χ1v) is 2.28. The molecule has 3 heteroatoms. The molecule has 0 aliphatic rings. The number of rotatable bonds is 2. The summed E-state index contributed by atoms with van der Waals surface area (Å²) in [6.07, 6.45) is 0.489. The van der Waals surface area contributed by atoms with E-state index in [2.05, 4.69) is 0 Å². The van der Waals surface area contributed by atoms with Crippen molar-refractivity contribution in [3.63, 3.8) is 0 Å². The van der Waals surface area contributed by atoms with Crippen LogP contribution >= 0.6 is 0 Å². The molecule has 0 aromatic rings. The van der Waals surface area contributed by atoms with Gasteiger partial charge in [-0.15, -0.1) is 0 Å². The molecular weight excluding hydrogens is 108 g/mol. The molecule has 0 radical (unpaired) electrons. The number of aldehydes is 1. The van der Waals surface area contributed by atoms with Crippen LogP contribution in [-0.2, 0) is 4.79 Å². The van der Waals surface area contributed by atoms with E-state index in [9.17, 15) is 4.79 Å². The third kappa shape index (κ3) is 1.64. The fraction of sp³-hybridized carbons (Fsp3) is 0.400. The number of aliphatic hydroxyl groups is 2. The van der Waals surface area contributed by atoms with Crippen LogP contribution in [-0.4, -0.2) is 16.5 Å². The van der Waals surface area contributed by atoms with Crippen molar-refractivity contribution in [2.75, 3.05) is 0 Å². The summed E-state index contributed by atoms with van der Waals surface area (Å²) in [6.45, 7) is 1.63. The Hall–Kier alpha value is -0.990. The predicted molar refractivity (Wildman–Crippen MR) is 28.6 cm³/mol. The highest BCUT2D eigenvalue weighted by atomic mass is 16.3. The van der Waals surface area contributed by atoms with Crippen molar-refractivity contribution in [1.29, 1.82) is 0 Å². The van der Waals surface area contributed by atoms with Crippen molar-refractivity contribution < 1.29 is 15.0 Å². The molecule has 0 rings (SSSR count). The van der Waals surface area contributed by atoms with Gasteiger partial charge in [0, 0.05) is 6.42 Å². The Morgan fingerprint density at radius 1 is 1.62 bits per heavy atom. The van der Waals surface area contributed by atoms with Crippen molar-refractivity contribution in [3.05, 3.63) is 11.5 Å². The average molecular weight is 116 g/mol. The molecule has 8 heavy (non-hydrogen) atoms. The highest BCUT2D eigenvalue weighted by Gasteiger charge is 1.95. The zero-order chi connectivity index (χ0) is 6.57. The van der Waals surface area contributed by atoms with Crippen LogP contribution in [0.15, 0.2) is 11.5 Å².